The predicted octanol–water partition coefficient (Wildman–Crippen LogP) is 7.74. The zero-order chi connectivity index (χ0) is 33.2. The van der Waals surface area contributed by atoms with Crippen molar-refractivity contribution in [1.29, 1.82) is 0 Å². The van der Waals surface area contributed by atoms with Crippen LogP contribution in [0, 0.1) is 17.8 Å². The number of ether oxygens (including phenoxy) is 2. The van der Waals surface area contributed by atoms with Crippen LogP contribution in [0.15, 0.2) is 96.4 Å². The lowest BCUT2D eigenvalue weighted by Gasteiger charge is -2.56. The van der Waals surface area contributed by atoms with Gasteiger partial charge in [-0.2, -0.15) is 0 Å². The number of carbonyl (C=O) groups excluding carboxylic acids is 1. The van der Waals surface area contributed by atoms with E-state index >= 15 is 0 Å². The van der Waals surface area contributed by atoms with Crippen LogP contribution in [0.25, 0.3) is 11.1 Å². The van der Waals surface area contributed by atoms with Gasteiger partial charge in [-0.1, -0.05) is 78.5 Å². The minimum atomic E-state index is -0.532. The van der Waals surface area contributed by atoms with Gasteiger partial charge in [-0.3, -0.25) is 0 Å². The zero-order valence-electron chi connectivity index (χ0n) is 27.7. The van der Waals surface area contributed by atoms with Crippen molar-refractivity contribution >= 4 is 17.8 Å². The summed E-state index contributed by atoms with van der Waals surface area (Å²) in [4.78, 5) is 21.8. The lowest BCUT2D eigenvalue weighted by molar-refractivity contribution is -0.245. The maximum Gasteiger partial charge on any atom is 0.315 e. The Kier molecular flexibility index (Phi) is 9.42. The Bertz CT molecular complexity index is 1700. The fourth-order valence-electron chi connectivity index (χ4n) is 8.97. The molecule has 0 spiro atoms. The van der Waals surface area contributed by atoms with Crippen LogP contribution in [0.4, 0.5) is 4.79 Å². The molecule has 1 aliphatic heterocycles. The monoisotopic (exact) mass is 676 g/mol. The number of nitrogens with zero attached hydrogens (tertiary/aromatic N) is 2. The van der Waals surface area contributed by atoms with Crippen LogP contribution < -0.4 is 10.6 Å². The molecule has 49 heavy (non-hydrogen) atoms. The molecule has 8 nitrogen and oxygen atoms in total. The van der Waals surface area contributed by atoms with Crippen molar-refractivity contribution in [2.24, 2.45) is 17.8 Å². The summed E-state index contributed by atoms with van der Waals surface area (Å²) in [7, 11) is 0. The Morgan fingerprint density at radius 3 is 2.18 bits per heavy atom. The number of aliphatic hydroxyl groups excluding tert-OH is 1. The maximum atomic E-state index is 13.1. The summed E-state index contributed by atoms with van der Waals surface area (Å²) in [5.74, 6) is 3.10. The van der Waals surface area contributed by atoms with Crippen LogP contribution in [0.5, 0.6) is 0 Å². The first kappa shape index (κ1) is 32.4. The van der Waals surface area contributed by atoms with Gasteiger partial charge in [0.1, 0.15) is 0 Å². The van der Waals surface area contributed by atoms with Gasteiger partial charge in [0, 0.05) is 42.2 Å². The Labute approximate surface area is 292 Å². The van der Waals surface area contributed by atoms with Gasteiger partial charge >= 0.3 is 6.03 Å². The van der Waals surface area contributed by atoms with Gasteiger partial charge < -0.3 is 25.2 Å². The normalized spacial score (nSPS) is 28.7. The maximum absolute atomic E-state index is 13.1. The van der Waals surface area contributed by atoms with Crippen LogP contribution in [-0.4, -0.2) is 38.5 Å². The molecule has 9 rings (SSSR count). The third-order valence-electron chi connectivity index (χ3n) is 10.9. The molecule has 2 heterocycles. The van der Waals surface area contributed by atoms with E-state index in [1.807, 2.05) is 30.3 Å². The van der Waals surface area contributed by atoms with Crippen molar-refractivity contribution in [3.63, 3.8) is 0 Å². The van der Waals surface area contributed by atoms with Crippen LogP contribution in [0.3, 0.4) is 0 Å². The molecule has 0 radical (unpaired) electrons. The molecular formula is C40H44N4O4S. The molecule has 4 saturated carbocycles. The van der Waals surface area contributed by atoms with Crippen LogP contribution >= 0.6 is 11.8 Å². The number of hydrogen-bond acceptors (Lipinski definition) is 7. The largest absolute Gasteiger partial charge is 0.392 e. The SMILES string of the molecule is O=C(NCc1cccc(-c2ccc([C@@H]3O[C@H](CSc4ncccn4)C[C@H](c4ccc(CO)cc4)O3)cc2)c1)NC12CC3CC(CC(C3)C1)C2. The molecule has 2 amide bonds. The molecule has 5 fully saturated rings. The lowest BCUT2D eigenvalue weighted by Crippen LogP contribution is -2.61. The average molecular weight is 677 g/mol. The van der Waals surface area contributed by atoms with Gasteiger partial charge in [-0.15, -0.1) is 0 Å². The summed E-state index contributed by atoms with van der Waals surface area (Å²) in [6, 6.07) is 26.5. The minimum absolute atomic E-state index is 0.00785. The first-order chi connectivity index (χ1) is 24.0. The van der Waals surface area contributed by atoms with E-state index in [2.05, 4.69) is 69.1 Å². The van der Waals surface area contributed by atoms with E-state index in [4.69, 9.17) is 9.47 Å². The van der Waals surface area contributed by atoms with Crippen LogP contribution in [0.1, 0.15) is 79.6 Å². The molecule has 4 bridgehead atoms. The van der Waals surface area contributed by atoms with Gasteiger partial charge in [0.2, 0.25) is 0 Å². The highest BCUT2D eigenvalue weighted by atomic mass is 32.2. The lowest BCUT2D eigenvalue weighted by atomic mass is 9.53. The Morgan fingerprint density at radius 1 is 0.796 bits per heavy atom. The number of amides is 2. The highest BCUT2D eigenvalue weighted by Crippen LogP contribution is 2.55. The highest BCUT2D eigenvalue weighted by molar-refractivity contribution is 7.99. The van der Waals surface area contributed by atoms with E-state index < -0.39 is 6.29 Å². The molecule has 3 N–H and O–H groups in total. The summed E-state index contributed by atoms with van der Waals surface area (Å²) in [6.45, 7) is 0.499. The van der Waals surface area contributed by atoms with Crippen molar-refractivity contribution in [3.8, 4) is 11.1 Å². The number of hydrogen-bond donors (Lipinski definition) is 3. The second kappa shape index (κ2) is 14.2. The van der Waals surface area contributed by atoms with E-state index in [-0.39, 0.29) is 30.4 Å². The summed E-state index contributed by atoms with van der Waals surface area (Å²) < 4.78 is 13.1. The summed E-state index contributed by atoms with van der Waals surface area (Å²) in [6.07, 6.45) is 11.0. The number of benzene rings is 3. The summed E-state index contributed by atoms with van der Waals surface area (Å²) >= 11 is 1.58. The van der Waals surface area contributed by atoms with Crippen LogP contribution in [-0.2, 0) is 22.6 Å². The van der Waals surface area contributed by atoms with E-state index in [9.17, 15) is 9.90 Å². The van der Waals surface area contributed by atoms with E-state index in [0.29, 0.717) is 18.7 Å². The molecule has 4 aromatic rings. The standard InChI is InChI=1S/C40H44N4O4S/c45-24-26-5-7-32(8-6-26)36-19-35(25-49-39-41-13-2-14-42-39)47-37(48-36)33-11-9-31(10-12-33)34-4-1-3-27(18-34)23-43-38(46)44-40-20-28-15-29(21-40)17-30(16-28)22-40/h1-14,18,28-30,35-37,45H,15-17,19-25H2,(H2,43,44,46)/t28?,29?,30?,35-,36+,37+,40?/m0/s1. The summed E-state index contributed by atoms with van der Waals surface area (Å²) in [5, 5.41) is 16.8. The fourth-order valence-corrected chi connectivity index (χ4v) is 9.80. The Balaban J connectivity index is 0.919. The van der Waals surface area contributed by atoms with Crippen LogP contribution in [0.2, 0.25) is 0 Å². The van der Waals surface area contributed by atoms with Crippen molar-refractivity contribution in [3.05, 3.63) is 114 Å². The highest BCUT2D eigenvalue weighted by Gasteiger charge is 2.51. The zero-order valence-corrected chi connectivity index (χ0v) is 28.5. The second-order valence-corrected chi connectivity index (χ2v) is 15.5. The third-order valence-corrected chi connectivity index (χ3v) is 11.9. The predicted molar refractivity (Wildman–Crippen MR) is 189 cm³/mol. The first-order valence-corrected chi connectivity index (χ1v) is 18.6. The molecule has 254 valence electrons. The van der Waals surface area contributed by atoms with E-state index in [1.165, 1.54) is 19.3 Å². The molecule has 5 aliphatic rings. The van der Waals surface area contributed by atoms with E-state index in [1.54, 1.807) is 24.2 Å². The Hall–Kier alpha value is -3.76. The first-order valence-electron chi connectivity index (χ1n) is 17.6. The molecule has 3 atom stereocenters. The van der Waals surface area contributed by atoms with Gasteiger partial charge in [0.05, 0.1) is 18.8 Å². The van der Waals surface area contributed by atoms with Crippen molar-refractivity contribution in [1.82, 2.24) is 20.6 Å². The molecule has 1 aromatic heterocycles. The number of urea groups is 1. The van der Waals surface area contributed by atoms with Gasteiger partial charge in [-0.25, -0.2) is 14.8 Å². The molecular weight excluding hydrogens is 633 g/mol. The smallest absolute Gasteiger partial charge is 0.315 e. The molecule has 0 unspecified atom stereocenters. The van der Waals surface area contributed by atoms with Gasteiger partial charge in [-0.05, 0) is 96.2 Å². The molecule has 9 heteroatoms. The molecule has 1 saturated heterocycles. The van der Waals surface area contributed by atoms with Gasteiger partial charge in [0.15, 0.2) is 11.4 Å². The number of nitrogens with one attached hydrogen (secondary N) is 2. The third kappa shape index (κ3) is 7.55. The number of thioether (sulfide) groups is 1. The number of rotatable bonds is 10. The number of carbonyl (C=O) groups is 1. The fraction of sp³-hybridized carbons (Fsp3) is 0.425. The van der Waals surface area contributed by atoms with E-state index in [0.717, 1.165) is 75.6 Å². The number of aliphatic hydroxyl groups is 1. The molecule has 3 aromatic carbocycles. The minimum Gasteiger partial charge on any atom is -0.392 e. The van der Waals surface area contributed by atoms with Crippen molar-refractivity contribution in [2.45, 2.75) is 87.3 Å². The second-order valence-electron chi connectivity index (χ2n) is 14.5. The average Bonchev–Trinajstić information content (AvgIpc) is 3.13. The van der Waals surface area contributed by atoms with Gasteiger partial charge in [0.25, 0.3) is 0 Å². The topological polar surface area (TPSA) is 106 Å². The Morgan fingerprint density at radius 2 is 1.49 bits per heavy atom. The summed E-state index contributed by atoms with van der Waals surface area (Å²) in [5.41, 5.74) is 6.14. The van der Waals surface area contributed by atoms with Crippen molar-refractivity contribution in [2.75, 3.05) is 5.75 Å². The molecule has 4 aliphatic carbocycles. The number of aromatic nitrogens is 2. The quantitative estimate of drug-likeness (QED) is 0.117. The van der Waals surface area contributed by atoms with Crippen molar-refractivity contribution < 1.29 is 19.4 Å².